The number of benzene rings is 3. The van der Waals surface area contributed by atoms with Gasteiger partial charge in [0.25, 0.3) is 5.91 Å². The van der Waals surface area contributed by atoms with E-state index in [-0.39, 0.29) is 12.5 Å². The molecule has 0 saturated heterocycles. The Morgan fingerprint density at radius 2 is 1.71 bits per heavy atom. The van der Waals surface area contributed by atoms with E-state index in [2.05, 4.69) is 35.0 Å². The van der Waals surface area contributed by atoms with E-state index < -0.39 is 0 Å². The molecule has 0 saturated carbocycles. The van der Waals surface area contributed by atoms with Crippen molar-refractivity contribution in [3.8, 4) is 11.5 Å². The first-order valence-corrected chi connectivity index (χ1v) is 12.1. The summed E-state index contributed by atoms with van der Waals surface area (Å²) in [6, 6.07) is 22.2. The first kappa shape index (κ1) is 24.3. The minimum Gasteiger partial charge on any atom is -0.492 e. The van der Waals surface area contributed by atoms with Crippen LogP contribution in [0.5, 0.6) is 11.5 Å². The highest BCUT2D eigenvalue weighted by atomic mass is 16.5. The summed E-state index contributed by atoms with van der Waals surface area (Å²) >= 11 is 0. The minimum atomic E-state index is -0.120. The summed E-state index contributed by atoms with van der Waals surface area (Å²) in [6.07, 6.45) is 1.55. The second kappa shape index (κ2) is 11.6. The van der Waals surface area contributed by atoms with Crippen LogP contribution in [0.25, 0.3) is 11.0 Å². The summed E-state index contributed by atoms with van der Waals surface area (Å²) in [7, 11) is 0. The summed E-state index contributed by atoms with van der Waals surface area (Å²) < 4.78 is 13.9. The SMILES string of the molecule is Cc1ccc(OCCn2c(CCCNC(=O)COc3cc(C)ccc3C)nc3ccccc32)cc1. The molecule has 0 atom stereocenters. The fraction of sp³-hybridized carbons (Fsp3) is 0.310. The van der Waals surface area contributed by atoms with Gasteiger partial charge in [-0.25, -0.2) is 4.98 Å². The lowest BCUT2D eigenvalue weighted by atomic mass is 10.1. The number of aromatic nitrogens is 2. The Bertz CT molecular complexity index is 1280. The molecule has 0 unspecified atom stereocenters. The fourth-order valence-electron chi connectivity index (χ4n) is 3.99. The number of amides is 1. The van der Waals surface area contributed by atoms with Crippen molar-refractivity contribution in [1.29, 1.82) is 0 Å². The maximum Gasteiger partial charge on any atom is 0.257 e. The normalized spacial score (nSPS) is 10.9. The molecule has 0 bridgehead atoms. The molecule has 4 rings (SSSR count). The molecule has 0 fully saturated rings. The highest BCUT2D eigenvalue weighted by molar-refractivity contribution is 5.77. The quantitative estimate of drug-likeness (QED) is 0.307. The molecule has 182 valence electrons. The number of para-hydroxylation sites is 2. The van der Waals surface area contributed by atoms with Crippen molar-refractivity contribution in [3.63, 3.8) is 0 Å². The molecule has 0 radical (unpaired) electrons. The molecule has 0 aliphatic carbocycles. The Morgan fingerprint density at radius 3 is 2.54 bits per heavy atom. The number of carbonyl (C=O) groups excluding carboxylic acids is 1. The van der Waals surface area contributed by atoms with Gasteiger partial charge in [-0.15, -0.1) is 0 Å². The number of nitrogens with zero attached hydrogens (tertiary/aromatic N) is 2. The van der Waals surface area contributed by atoms with Crippen molar-refractivity contribution in [2.24, 2.45) is 0 Å². The predicted octanol–water partition coefficient (Wildman–Crippen LogP) is 5.17. The molecular weight excluding hydrogens is 438 g/mol. The number of hydrogen-bond donors (Lipinski definition) is 1. The van der Waals surface area contributed by atoms with E-state index in [1.807, 2.05) is 62.4 Å². The van der Waals surface area contributed by atoms with Gasteiger partial charge in [0.2, 0.25) is 0 Å². The van der Waals surface area contributed by atoms with Crippen LogP contribution in [-0.4, -0.2) is 35.2 Å². The summed E-state index contributed by atoms with van der Waals surface area (Å²) in [5, 5.41) is 2.95. The third kappa shape index (κ3) is 6.63. The van der Waals surface area contributed by atoms with Crippen LogP contribution in [0, 0.1) is 20.8 Å². The van der Waals surface area contributed by atoms with Crippen LogP contribution in [0.1, 0.15) is 28.9 Å². The lowest BCUT2D eigenvalue weighted by molar-refractivity contribution is -0.123. The van der Waals surface area contributed by atoms with Gasteiger partial charge in [-0.05, 0) is 68.7 Å². The van der Waals surface area contributed by atoms with E-state index in [9.17, 15) is 4.79 Å². The average Bonchev–Trinajstić information content (AvgIpc) is 3.21. The van der Waals surface area contributed by atoms with Gasteiger partial charge < -0.3 is 19.4 Å². The van der Waals surface area contributed by atoms with Crippen molar-refractivity contribution in [2.75, 3.05) is 19.8 Å². The third-order valence-electron chi connectivity index (χ3n) is 5.94. The number of ether oxygens (including phenoxy) is 2. The molecule has 6 heteroatoms. The molecule has 1 N–H and O–H groups in total. The Kier molecular flexibility index (Phi) is 8.03. The van der Waals surface area contributed by atoms with Crippen LogP contribution in [0.4, 0.5) is 0 Å². The number of fused-ring (bicyclic) bond motifs is 1. The van der Waals surface area contributed by atoms with E-state index in [1.54, 1.807) is 0 Å². The van der Waals surface area contributed by atoms with Gasteiger partial charge >= 0.3 is 0 Å². The van der Waals surface area contributed by atoms with Crippen LogP contribution in [0.3, 0.4) is 0 Å². The lowest BCUT2D eigenvalue weighted by Crippen LogP contribution is -2.30. The van der Waals surface area contributed by atoms with E-state index in [1.165, 1.54) is 5.56 Å². The van der Waals surface area contributed by atoms with Crippen molar-refractivity contribution in [3.05, 3.63) is 89.2 Å². The summed E-state index contributed by atoms with van der Waals surface area (Å²) in [6.45, 7) is 7.90. The molecular formula is C29H33N3O3. The number of aryl methyl sites for hydroxylation is 4. The zero-order chi connectivity index (χ0) is 24.6. The third-order valence-corrected chi connectivity index (χ3v) is 5.94. The highest BCUT2D eigenvalue weighted by Crippen LogP contribution is 2.19. The number of nitrogens with one attached hydrogen (secondary N) is 1. The molecule has 6 nitrogen and oxygen atoms in total. The lowest BCUT2D eigenvalue weighted by Gasteiger charge is -2.12. The van der Waals surface area contributed by atoms with Crippen molar-refractivity contribution in [2.45, 2.75) is 40.2 Å². The molecule has 35 heavy (non-hydrogen) atoms. The summed E-state index contributed by atoms with van der Waals surface area (Å²) in [4.78, 5) is 17.1. The maximum atomic E-state index is 12.3. The van der Waals surface area contributed by atoms with Crippen molar-refractivity contribution in [1.82, 2.24) is 14.9 Å². The molecule has 1 heterocycles. The molecule has 1 aromatic heterocycles. The first-order chi connectivity index (χ1) is 17.0. The Balaban J connectivity index is 1.28. The summed E-state index contributed by atoms with van der Waals surface area (Å²) in [5.41, 5.74) is 5.42. The molecule has 3 aromatic carbocycles. The van der Waals surface area contributed by atoms with E-state index in [0.29, 0.717) is 19.7 Å². The van der Waals surface area contributed by atoms with Gasteiger partial charge in [0, 0.05) is 13.0 Å². The van der Waals surface area contributed by atoms with Gasteiger partial charge in [-0.2, -0.15) is 0 Å². The largest absolute Gasteiger partial charge is 0.492 e. The maximum absolute atomic E-state index is 12.3. The molecule has 0 aliphatic heterocycles. The standard InChI is InChI=1S/C29H33N3O3/c1-21-11-14-24(15-12-21)34-18-17-32-26-8-5-4-7-25(26)31-28(32)9-6-16-30-29(33)20-35-27-19-22(2)10-13-23(27)3/h4-5,7-8,10-15,19H,6,9,16-18,20H2,1-3H3,(H,30,33). The Hall–Kier alpha value is -3.80. The van der Waals surface area contributed by atoms with Gasteiger partial charge in [0.05, 0.1) is 17.6 Å². The van der Waals surface area contributed by atoms with E-state index in [4.69, 9.17) is 14.5 Å². The van der Waals surface area contributed by atoms with E-state index in [0.717, 1.165) is 52.3 Å². The number of imidazole rings is 1. The number of rotatable bonds is 11. The van der Waals surface area contributed by atoms with Gasteiger partial charge in [0.15, 0.2) is 6.61 Å². The molecule has 4 aromatic rings. The van der Waals surface area contributed by atoms with Gasteiger partial charge in [-0.1, -0.05) is 42.0 Å². The number of carbonyl (C=O) groups is 1. The van der Waals surface area contributed by atoms with Crippen LogP contribution >= 0.6 is 0 Å². The summed E-state index contributed by atoms with van der Waals surface area (Å²) in [5.74, 6) is 2.50. The van der Waals surface area contributed by atoms with Crippen LogP contribution in [0.15, 0.2) is 66.7 Å². The first-order valence-electron chi connectivity index (χ1n) is 12.1. The van der Waals surface area contributed by atoms with Gasteiger partial charge in [0.1, 0.15) is 23.9 Å². The molecule has 0 spiro atoms. The zero-order valence-electron chi connectivity index (χ0n) is 20.7. The van der Waals surface area contributed by atoms with Gasteiger partial charge in [-0.3, -0.25) is 4.79 Å². The van der Waals surface area contributed by atoms with E-state index >= 15 is 0 Å². The highest BCUT2D eigenvalue weighted by Gasteiger charge is 2.11. The predicted molar refractivity (Wildman–Crippen MR) is 139 cm³/mol. The van der Waals surface area contributed by atoms with Crippen molar-refractivity contribution >= 4 is 16.9 Å². The van der Waals surface area contributed by atoms with Crippen LogP contribution in [-0.2, 0) is 17.8 Å². The van der Waals surface area contributed by atoms with Crippen LogP contribution < -0.4 is 14.8 Å². The monoisotopic (exact) mass is 471 g/mol. The molecule has 0 aliphatic rings. The topological polar surface area (TPSA) is 65.4 Å². The van der Waals surface area contributed by atoms with Crippen LogP contribution in [0.2, 0.25) is 0 Å². The fourth-order valence-corrected chi connectivity index (χ4v) is 3.99. The number of hydrogen-bond acceptors (Lipinski definition) is 4. The minimum absolute atomic E-state index is 0.0131. The zero-order valence-corrected chi connectivity index (χ0v) is 20.7. The Morgan fingerprint density at radius 1 is 0.943 bits per heavy atom. The smallest absolute Gasteiger partial charge is 0.257 e. The second-order valence-corrected chi connectivity index (χ2v) is 8.84. The second-order valence-electron chi connectivity index (χ2n) is 8.84. The average molecular weight is 472 g/mol. The Labute approximate surface area is 206 Å². The van der Waals surface area contributed by atoms with Crippen molar-refractivity contribution < 1.29 is 14.3 Å². The molecule has 1 amide bonds.